The van der Waals surface area contributed by atoms with Crippen LogP contribution < -0.4 is 14.8 Å². The van der Waals surface area contributed by atoms with Crippen molar-refractivity contribution in [1.82, 2.24) is 19.8 Å². The van der Waals surface area contributed by atoms with E-state index < -0.39 is 0 Å². The van der Waals surface area contributed by atoms with E-state index in [1.165, 1.54) is 0 Å². The van der Waals surface area contributed by atoms with E-state index in [-0.39, 0.29) is 12.0 Å². The van der Waals surface area contributed by atoms with E-state index in [4.69, 9.17) is 9.47 Å². The van der Waals surface area contributed by atoms with Gasteiger partial charge in [-0.3, -0.25) is 9.69 Å². The summed E-state index contributed by atoms with van der Waals surface area (Å²) in [5.74, 6) is 2.75. The molecule has 0 bridgehead atoms. The van der Waals surface area contributed by atoms with E-state index in [0.717, 1.165) is 48.9 Å². The summed E-state index contributed by atoms with van der Waals surface area (Å²) < 4.78 is 13.5. The number of imidazole rings is 1. The van der Waals surface area contributed by atoms with Gasteiger partial charge in [0.15, 0.2) is 0 Å². The number of rotatable bonds is 8. The van der Waals surface area contributed by atoms with Crippen LogP contribution in [0.1, 0.15) is 31.2 Å². The van der Waals surface area contributed by atoms with E-state index in [1.54, 1.807) is 13.3 Å². The molecule has 1 aromatic carbocycles. The fourth-order valence-corrected chi connectivity index (χ4v) is 3.42. The lowest BCUT2D eigenvalue weighted by molar-refractivity contribution is -0.121. The molecule has 2 heterocycles. The number of aryl methyl sites for hydroxylation is 2. The average molecular weight is 386 g/mol. The normalized spacial score (nSPS) is 16.8. The fraction of sp³-hybridized carbons (Fsp3) is 0.524. The number of hydrogen-bond donors (Lipinski definition) is 1. The van der Waals surface area contributed by atoms with Crippen molar-refractivity contribution in [2.75, 3.05) is 26.7 Å². The van der Waals surface area contributed by atoms with E-state index in [0.29, 0.717) is 19.5 Å². The molecule has 1 aliphatic heterocycles. The topological polar surface area (TPSA) is 68.6 Å². The summed E-state index contributed by atoms with van der Waals surface area (Å²) in [6, 6.07) is 5.95. The van der Waals surface area contributed by atoms with Crippen LogP contribution in [0.2, 0.25) is 0 Å². The van der Waals surface area contributed by atoms with Crippen molar-refractivity contribution < 1.29 is 14.3 Å². The Morgan fingerprint density at radius 1 is 1.39 bits per heavy atom. The maximum absolute atomic E-state index is 12.2. The van der Waals surface area contributed by atoms with Gasteiger partial charge in [-0.1, -0.05) is 6.92 Å². The number of nitrogens with one attached hydrogen (secondary N) is 1. The van der Waals surface area contributed by atoms with Crippen molar-refractivity contribution in [3.8, 4) is 11.5 Å². The molecule has 0 saturated carbocycles. The molecule has 1 unspecified atom stereocenters. The van der Waals surface area contributed by atoms with Crippen molar-refractivity contribution in [1.29, 1.82) is 0 Å². The first kappa shape index (κ1) is 20.2. The highest BCUT2D eigenvalue weighted by molar-refractivity contribution is 5.75. The van der Waals surface area contributed by atoms with E-state index in [1.807, 2.05) is 35.9 Å². The van der Waals surface area contributed by atoms with Crippen molar-refractivity contribution in [3.63, 3.8) is 0 Å². The number of benzene rings is 1. The van der Waals surface area contributed by atoms with Gasteiger partial charge in [0.25, 0.3) is 0 Å². The lowest BCUT2D eigenvalue weighted by atomic mass is 10.2. The summed E-state index contributed by atoms with van der Waals surface area (Å²) in [5.41, 5.74) is 1.12. The van der Waals surface area contributed by atoms with E-state index in [9.17, 15) is 4.79 Å². The molecule has 2 aromatic rings. The molecule has 1 amide bonds. The van der Waals surface area contributed by atoms with Gasteiger partial charge in [0, 0.05) is 57.1 Å². The van der Waals surface area contributed by atoms with Gasteiger partial charge in [-0.15, -0.1) is 0 Å². The van der Waals surface area contributed by atoms with Crippen LogP contribution in [0.5, 0.6) is 11.5 Å². The van der Waals surface area contributed by atoms with Gasteiger partial charge in [0.05, 0.1) is 7.11 Å². The van der Waals surface area contributed by atoms with Gasteiger partial charge in [-0.25, -0.2) is 4.98 Å². The molecule has 7 nitrogen and oxygen atoms in total. The Hall–Kier alpha value is -2.54. The third kappa shape index (κ3) is 5.25. The molecule has 1 aromatic heterocycles. The molecule has 1 aliphatic rings. The van der Waals surface area contributed by atoms with Gasteiger partial charge < -0.3 is 19.4 Å². The van der Waals surface area contributed by atoms with Crippen molar-refractivity contribution in [3.05, 3.63) is 42.0 Å². The van der Waals surface area contributed by atoms with Crippen LogP contribution in [0.3, 0.4) is 0 Å². The van der Waals surface area contributed by atoms with Crippen molar-refractivity contribution in [2.24, 2.45) is 0 Å². The summed E-state index contributed by atoms with van der Waals surface area (Å²) in [6.45, 7) is 7.77. The zero-order chi connectivity index (χ0) is 19.9. The molecule has 0 fully saturated rings. The first-order chi connectivity index (χ1) is 13.6. The van der Waals surface area contributed by atoms with Crippen LogP contribution in [0, 0.1) is 6.92 Å². The number of carbonyl (C=O) groups is 1. The number of hydrogen-bond acceptors (Lipinski definition) is 5. The highest BCUT2D eigenvalue weighted by Gasteiger charge is 2.22. The van der Waals surface area contributed by atoms with Crippen LogP contribution >= 0.6 is 0 Å². The molecule has 0 aliphatic carbocycles. The van der Waals surface area contributed by atoms with Crippen LogP contribution in [-0.2, 0) is 17.9 Å². The number of carbonyl (C=O) groups excluding carboxylic acids is 1. The summed E-state index contributed by atoms with van der Waals surface area (Å²) in [7, 11) is 1.67. The summed E-state index contributed by atoms with van der Waals surface area (Å²) in [6.07, 6.45) is 5.20. The summed E-state index contributed by atoms with van der Waals surface area (Å²) in [4.78, 5) is 18.7. The molecular formula is C21H30N4O3. The molecule has 1 atom stereocenters. The molecule has 3 rings (SSSR count). The molecule has 152 valence electrons. The highest BCUT2D eigenvalue weighted by atomic mass is 16.5. The maximum Gasteiger partial charge on any atom is 0.221 e. The van der Waals surface area contributed by atoms with E-state index in [2.05, 4.69) is 22.1 Å². The summed E-state index contributed by atoms with van der Waals surface area (Å²) in [5, 5.41) is 3.03. The highest BCUT2D eigenvalue weighted by Crippen LogP contribution is 2.29. The standard InChI is InChI=1S/C21H30N4O3/c1-4-18-15-24(14-17-13-19(27-3)5-6-20(17)28-18)11-8-23-21(26)7-10-25-12-9-22-16(25)2/h5-6,9,12-13,18H,4,7-8,10-11,14-15H2,1-3H3,(H,23,26). The predicted octanol–water partition coefficient (Wildman–Crippen LogP) is 2.38. The Morgan fingerprint density at radius 3 is 2.96 bits per heavy atom. The SMILES string of the molecule is CCC1CN(CCNC(=O)CCn2ccnc2C)Cc2cc(OC)ccc2O1. The van der Waals surface area contributed by atoms with Gasteiger partial charge in [-0.05, 0) is 31.5 Å². The average Bonchev–Trinajstić information content (AvgIpc) is 3.02. The number of fused-ring (bicyclic) bond motifs is 1. The second-order valence-corrected chi connectivity index (χ2v) is 7.12. The molecule has 0 radical (unpaired) electrons. The lowest BCUT2D eigenvalue weighted by Gasteiger charge is -2.23. The third-order valence-electron chi connectivity index (χ3n) is 5.13. The Balaban J connectivity index is 1.51. The van der Waals surface area contributed by atoms with Crippen LogP contribution in [-0.4, -0.2) is 53.2 Å². The zero-order valence-corrected chi connectivity index (χ0v) is 17.0. The molecular weight excluding hydrogens is 356 g/mol. The largest absolute Gasteiger partial charge is 0.497 e. The number of methoxy groups -OCH3 is 1. The first-order valence-electron chi connectivity index (χ1n) is 9.89. The molecule has 0 spiro atoms. The van der Waals surface area contributed by atoms with Gasteiger partial charge in [0.2, 0.25) is 5.91 Å². The van der Waals surface area contributed by atoms with Gasteiger partial charge >= 0.3 is 0 Å². The number of ether oxygens (including phenoxy) is 2. The second kappa shape index (κ2) is 9.59. The number of aromatic nitrogens is 2. The minimum Gasteiger partial charge on any atom is -0.497 e. The summed E-state index contributed by atoms with van der Waals surface area (Å²) >= 11 is 0. The van der Waals surface area contributed by atoms with Gasteiger partial charge in [0.1, 0.15) is 23.4 Å². The van der Waals surface area contributed by atoms with Crippen molar-refractivity contribution >= 4 is 5.91 Å². The zero-order valence-electron chi connectivity index (χ0n) is 17.0. The smallest absolute Gasteiger partial charge is 0.221 e. The fourth-order valence-electron chi connectivity index (χ4n) is 3.42. The number of nitrogens with zero attached hydrogens (tertiary/aromatic N) is 3. The van der Waals surface area contributed by atoms with Crippen LogP contribution in [0.4, 0.5) is 0 Å². The number of amides is 1. The van der Waals surface area contributed by atoms with E-state index >= 15 is 0 Å². The quantitative estimate of drug-likeness (QED) is 0.754. The minimum absolute atomic E-state index is 0.0632. The molecule has 1 N–H and O–H groups in total. The van der Waals surface area contributed by atoms with Crippen LogP contribution in [0.15, 0.2) is 30.6 Å². The third-order valence-corrected chi connectivity index (χ3v) is 5.13. The van der Waals surface area contributed by atoms with Crippen molar-refractivity contribution in [2.45, 2.75) is 45.9 Å². The Morgan fingerprint density at radius 2 is 2.25 bits per heavy atom. The lowest BCUT2D eigenvalue weighted by Crippen LogP contribution is -2.38. The monoisotopic (exact) mass is 386 g/mol. The molecule has 7 heteroatoms. The Labute approximate surface area is 166 Å². The first-order valence-corrected chi connectivity index (χ1v) is 9.89. The Kier molecular flexibility index (Phi) is 6.92. The predicted molar refractivity (Wildman–Crippen MR) is 108 cm³/mol. The second-order valence-electron chi connectivity index (χ2n) is 7.12. The molecule has 28 heavy (non-hydrogen) atoms. The Bertz CT molecular complexity index is 790. The maximum atomic E-state index is 12.2. The molecule has 0 saturated heterocycles. The minimum atomic E-state index is 0.0632. The van der Waals surface area contributed by atoms with Gasteiger partial charge in [-0.2, -0.15) is 0 Å². The van der Waals surface area contributed by atoms with Crippen LogP contribution in [0.25, 0.3) is 0 Å².